The third-order valence-electron chi connectivity index (χ3n) is 2.06. The smallest absolute Gasteiger partial charge is 0.416 e. The van der Waals surface area contributed by atoms with E-state index in [9.17, 15) is 18.0 Å². The van der Waals surface area contributed by atoms with E-state index in [4.69, 9.17) is 10.8 Å². The zero-order chi connectivity index (χ0) is 13.2. The van der Waals surface area contributed by atoms with Crippen molar-refractivity contribution >= 4 is 28.6 Å². The summed E-state index contributed by atoms with van der Waals surface area (Å²) in [6, 6.07) is 2.20. The Morgan fingerprint density at radius 1 is 1.41 bits per heavy atom. The maximum absolute atomic E-state index is 12.5. The third-order valence-corrected chi connectivity index (χ3v) is 2.68. The molecule has 0 saturated heterocycles. The largest absolute Gasteiger partial charge is 0.480 e. The van der Waals surface area contributed by atoms with Crippen LogP contribution in [-0.2, 0) is 17.4 Å². The predicted octanol–water partition coefficient (Wildman–Crippen LogP) is 2.26. The fourth-order valence-corrected chi connectivity index (χ4v) is 2.01. The van der Waals surface area contributed by atoms with Crippen LogP contribution in [0, 0.1) is 3.57 Å². The molecule has 7 heteroatoms. The molecule has 0 fully saturated rings. The first-order valence-corrected chi connectivity index (χ1v) is 5.63. The topological polar surface area (TPSA) is 63.3 Å². The first kappa shape index (κ1) is 14.2. The van der Waals surface area contributed by atoms with Crippen LogP contribution in [0.25, 0.3) is 0 Å². The lowest BCUT2D eigenvalue weighted by Crippen LogP contribution is -2.32. The number of alkyl halides is 3. The summed E-state index contributed by atoms with van der Waals surface area (Å²) in [5, 5.41) is 8.59. The number of hydrogen-bond donors (Lipinski definition) is 2. The lowest BCUT2D eigenvalue weighted by Gasteiger charge is -2.11. The summed E-state index contributed by atoms with van der Waals surface area (Å²) in [6.07, 6.45) is -4.57. The van der Waals surface area contributed by atoms with E-state index in [0.29, 0.717) is 3.57 Å². The Morgan fingerprint density at radius 2 is 2.00 bits per heavy atom. The monoisotopic (exact) mass is 359 g/mol. The van der Waals surface area contributed by atoms with Gasteiger partial charge < -0.3 is 10.8 Å². The molecule has 0 unspecified atom stereocenters. The average Bonchev–Trinajstić information content (AvgIpc) is 2.15. The molecule has 1 atom stereocenters. The molecule has 1 aromatic rings. The molecule has 0 saturated carbocycles. The Labute approximate surface area is 109 Å². The highest BCUT2D eigenvalue weighted by Crippen LogP contribution is 2.31. The molecule has 1 aromatic carbocycles. The van der Waals surface area contributed by atoms with Gasteiger partial charge in [0.1, 0.15) is 6.04 Å². The molecular formula is C10H9F3INO2. The van der Waals surface area contributed by atoms with Crippen molar-refractivity contribution in [1.82, 2.24) is 0 Å². The van der Waals surface area contributed by atoms with Crippen molar-refractivity contribution in [3.63, 3.8) is 0 Å². The molecule has 94 valence electrons. The molecule has 0 aliphatic heterocycles. The van der Waals surface area contributed by atoms with Crippen LogP contribution in [0.5, 0.6) is 0 Å². The van der Waals surface area contributed by atoms with E-state index in [1.807, 2.05) is 0 Å². The van der Waals surface area contributed by atoms with Crippen molar-refractivity contribution in [3.05, 3.63) is 32.9 Å². The summed E-state index contributed by atoms with van der Waals surface area (Å²) >= 11 is 1.75. The number of halogens is 4. The van der Waals surface area contributed by atoms with Crippen molar-refractivity contribution in [2.45, 2.75) is 18.6 Å². The highest BCUT2D eigenvalue weighted by atomic mass is 127. The van der Waals surface area contributed by atoms with Gasteiger partial charge in [0, 0.05) is 3.57 Å². The zero-order valence-electron chi connectivity index (χ0n) is 8.46. The summed E-state index contributed by atoms with van der Waals surface area (Å²) < 4.78 is 37.9. The molecule has 0 spiro atoms. The number of carboxylic acid groups (broad SMARTS) is 1. The second-order valence-electron chi connectivity index (χ2n) is 3.49. The van der Waals surface area contributed by atoms with E-state index >= 15 is 0 Å². The van der Waals surface area contributed by atoms with Gasteiger partial charge in [-0.25, -0.2) is 0 Å². The van der Waals surface area contributed by atoms with Crippen LogP contribution in [0.3, 0.4) is 0 Å². The molecule has 0 heterocycles. The van der Waals surface area contributed by atoms with E-state index in [1.165, 1.54) is 6.07 Å². The molecule has 0 amide bonds. The van der Waals surface area contributed by atoms with Gasteiger partial charge in [-0.15, -0.1) is 0 Å². The minimum atomic E-state index is -4.44. The highest BCUT2D eigenvalue weighted by Gasteiger charge is 2.31. The van der Waals surface area contributed by atoms with Gasteiger partial charge in [0.2, 0.25) is 0 Å². The Hall–Kier alpha value is -0.830. The standard InChI is InChI=1S/C10H9F3INO2/c11-10(12,13)6-1-5(2-7(14)4-6)3-8(15)9(16)17/h1-2,4,8H,3,15H2,(H,16,17)/t8-/m1/s1. The van der Waals surface area contributed by atoms with E-state index in [1.54, 1.807) is 22.6 Å². The molecule has 3 N–H and O–H groups in total. The summed E-state index contributed by atoms with van der Waals surface area (Å²) in [5.74, 6) is -1.24. The maximum Gasteiger partial charge on any atom is 0.416 e. The molecule has 0 aromatic heterocycles. The Kier molecular flexibility index (Phi) is 4.36. The second kappa shape index (κ2) is 5.21. The van der Waals surface area contributed by atoms with Crippen molar-refractivity contribution in [2.75, 3.05) is 0 Å². The van der Waals surface area contributed by atoms with Crippen molar-refractivity contribution < 1.29 is 23.1 Å². The number of hydrogen-bond acceptors (Lipinski definition) is 2. The Morgan fingerprint density at radius 3 is 2.47 bits per heavy atom. The predicted molar refractivity (Wildman–Crippen MR) is 63.5 cm³/mol. The van der Waals surface area contributed by atoms with Gasteiger partial charge in [-0.2, -0.15) is 13.2 Å². The summed E-state index contributed by atoms with van der Waals surface area (Å²) in [4.78, 5) is 10.5. The molecule has 3 nitrogen and oxygen atoms in total. The number of carbonyl (C=O) groups is 1. The quantitative estimate of drug-likeness (QED) is 0.814. The number of nitrogens with two attached hydrogens (primary N) is 1. The zero-order valence-corrected chi connectivity index (χ0v) is 10.6. The summed E-state index contributed by atoms with van der Waals surface area (Å²) in [5.41, 5.74) is 4.74. The van der Waals surface area contributed by atoms with Crippen LogP contribution >= 0.6 is 22.6 Å². The van der Waals surface area contributed by atoms with Crippen LogP contribution in [-0.4, -0.2) is 17.1 Å². The molecule has 0 bridgehead atoms. The van der Waals surface area contributed by atoms with Crippen LogP contribution in [0.4, 0.5) is 13.2 Å². The molecule has 1 rings (SSSR count). The van der Waals surface area contributed by atoms with E-state index in [2.05, 4.69) is 0 Å². The van der Waals surface area contributed by atoms with Crippen LogP contribution in [0.15, 0.2) is 18.2 Å². The highest BCUT2D eigenvalue weighted by molar-refractivity contribution is 14.1. The van der Waals surface area contributed by atoms with Crippen LogP contribution in [0.1, 0.15) is 11.1 Å². The number of benzene rings is 1. The van der Waals surface area contributed by atoms with Crippen molar-refractivity contribution in [2.24, 2.45) is 5.73 Å². The fourth-order valence-electron chi connectivity index (χ4n) is 1.27. The first-order chi connectivity index (χ1) is 7.70. The normalized spacial score (nSPS) is 13.5. The van der Waals surface area contributed by atoms with Gasteiger partial charge in [0.25, 0.3) is 0 Å². The Bertz CT molecular complexity index is 434. The lowest BCUT2D eigenvalue weighted by atomic mass is 10.0. The average molecular weight is 359 g/mol. The van der Waals surface area contributed by atoms with E-state index in [-0.39, 0.29) is 12.0 Å². The SMILES string of the molecule is N[C@H](Cc1cc(I)cc(C(F)(F)F)c1)C(=O)O. The van der Waals surface area contributed by atoms with Gasteiger partial charge >= 0.3 is 12.1 Å². The number of rotatable bonds is 3. The van der Waals surface area contributed by atoms with Gasteiger partial charge in [-0.3, -0.25) is 4.79 Å². The van der Waals surface area contributed by atoms with Crippen LogP contribution < -0.4 is 5.73 Å². The van der Waals surface area contributed by atoms with Gasteiger partial charge in [-0.05, 0) is 52.8 Å². The maximum atomic E-state index is 12.5. The molecule has 0 radical (unpaired) electrons. The van der Waals surface area contributed by atoms with E-state index in [0.717, 1.165) is 12.1 Å². The van der Waals surface area contributed by atoms with Gasteiger partial charge in [-0.1, -0.05) is 0 Å². The second-order valence-corrected chi connectivity index (χ2v) is 4.74. The molecule has 0 aliphatic carbocycles. The number of carboxylic acids is 1. The lowest BCUT2D eigenvalue weighted by molar-refractivity contribution is -0.138. The minimum absolute atomic E-state index is 0.130. The van der Waals surface area contributed by atoms with Gasteiger partial charge in [0.05, 0.1) is 5.56 Å². The minimum Gasteiger partial charge on any atom is -0.480 e. The molecular weight excluding hydrogens is 350 g/mol. The summed E-state index contributed by atoms with van der Waals surface area (Å²) in [7, 11) is 0. The molecule has 17 heavy (non-hydrogen) atoms. The van der Waals surface area contributed by atoms with Crippen molar-refractivity contribution in [1.29, 1.82) is 0 Å². The fraction of sp³-hybridized carbons (Fsp3) is 0.300. The molecule has 0 aliphatic rings. The van der Waals surface area contributed by atoms with Gasteiger partial charge in [0.15, 0.2) is 0 Å². The van der Waals surface area contributed by atoms with Crippen LogP contribution in [0.2, 0.25) is 0 Å². The number of aliphatic carboxylic acids is 1. The third kappa shape index (κ3) is 4.15. The van der Waals surface area contributed by atoms with Crippen molar-refractivity contribution in [3.8, 4) is 0 Å². The first-order valence-electron chi connectivity index (χ1n) is 4.55. The van der Waals surface area contributed by atoms with E-state index < -0.39 is 23.8 Å². The Balaban J connectivity index is 3.02. The summed E-state index contributed by atoms with van der Waals surface area (Å²) in [6.45, 7) is 0.